The number of hydrogen-bond acceptors (Lipinski definition) is 21. The summed E-state index contributed by atoms with van der Waals surface area (Å²) in [6, 6.07) is -0.215. The van der Waals surface area contributed by atoms with Gasteiger partial charge in [0.05, 0.1) is 2.43 Å². The summed E-state index contributed by atoms with van der Waals surface area (Å²) in [6.45, 7) is 28.9. The molecule has 0 amide bonds. The van der Waals surface area contributed by atoms with E-state index in [4.69, 9.17) is 67.1 Å². The molecule has 0 radical (unpaired) electrons. The first-order chi connectivity index (χ1) is 44.8. The standard InChI is InChI=1S/C23H40O6.C22H38O8.C13H19NO6.C11H22O.CH2I2/c1-6-7-8-9-10-11-12-13-14-15-26-23-18(3)17(2)22(28-20(5)25)21(29-23)16-27-19(4)24;1-15-16(2)22(27-13-11-9-7-5-6-8-10-12-20(25)26)30-19(14-28-17(3)23)21(15)29-18(4)24;1-6-11-13(18-7(2)14-11)20-10(5-17-8(3)15)12(6)19-9(4)16;1-2-3-4-5-6-7-8-9-10-11-12;2-1-3/h6,17-18,21-23H,1,7-16H2,2-5H3;15-16,19,21-22H,5-14H2,1-4H3,(H,25,26);6,10-13H,5H2,1-4H3;2,12H,1,3-11H2;1H2. The van der Waals surface area contributed by atoms with Crippen LogP contribution in [0.1, 0.15) is 237 Å². The number of hydrogen-bond donors (Lipinski definition) is 2. The van der Waals surface area contributed by atoms with Gasteiger partial charge in [-0.05, 0) is 51.4 Å². The highest BCUT2D eigenvalue weighted by Crippen LogP contribution is 2.37. The molecular formula is C70H121I2NO21. The van der Waals surface area contributed by atoms with Crippen molar-refractivity contribution in [3.05, 3.63) is 25.3 Å². The fraction of sp³-hybridized carbons (Fsp3) is 0.829. The van der Waals surface area contributed by atoms with E-state index in [1.54, 1.807) is 6.92 Å². The minimum absolute atomic E-state index is 0.000916. The minimum atomic E-state index is -0.727. The van der Waals surface area contributed by atoms with E-state index < -0.39 is 85.3 Å². The fourth-order valence-electron chi connectivity index (χ4n) is 11.0. The van der Waals surface area contributed by atoms with Crippen LogP contribution < -0.4 is 0 Å². The number of carbonyl (C=O) groups is 7. The van der Waals surface area contributed by atoms with Crippen LogP contribution >= 0.6 is 45.2 Å². The van der Waals surface area contributed by atoms with Crippen LogP contribution in [0, 0.1) is 29.6 Å². The Hall–Kier alpha value is -3.54. The van der Waals surface area contributed by atoms with Crippen LogP contribution in [0.2, 0.25) is 0 Å². The lowest BCUT2D eigenvalue weighted by Crippen LogP contribution is -2.54. The van der Waals surface area contributed by atoms with Crippen molar-refractivity contribution in [1.29, 1.82) is 0 Å². The summed E-state index contributed by atoms with van der Waals surface area (Å²) in [5, 5.41) is 17.1. The lowest BCUT2D eigenvalue weighted by Gasteiger charge is -2.43. The molecule has 4 heterocycles. The first-order valence-electron chi connectivity index (χ1n) is 34.3. The highest BCUT2D eigenvalue weighted by molar-refractivity contribution is 14.2. The second-order valence-corrected chi connectivity index (χ2v) is 29.0. The Morgan fingerprint density at radius 1 is 0.468 bits per heavy atom. The molecule has 22 nitrogen and oxygen atoms in total. The van der Waals surface area contributed by atoms with Crippen LogP contribution in [0.4, 0.5) is 0 Å². The molecule has 15 atom stereocenters. The van der Waals surface area contributed by atoms with Crippen molar-refractivity contribution in [2.24, 2.45) is 34.6 Å². The zero-order valence-corrected chi connectivity index (χ0v) is 63.3. The molecule has 0 aromatic rings. The molecule has 0 aromatic carbocycles. The topological polar surface area (TPSA) is 283 Å². The maximum Gasteiger partial charge on any atom is 0.303 e. The van der Waals surface area contributed by atoms with Crippen LogP contribution in [0.5, 0.6) is 0 Å². The summed E-state index contributed by atoms with van der Waals surface area (Å²) >= 11 is 4.55. The second kappa shape index (κ2) is 56.3. The maximum absolute atomic E-state index is 11.5. The third-order valence-electron chi connectivity index (χ3n) is 16.5. The number of carboxylic acids is 1. The van der Waals surface area contributed by atoms with Gasteiger partial charge < -0.3 is 67.1 Å². The predicted octanol–water partition coefficient (Wildman–Crippen LogP) is 14.3. The number of alkyl halides is 2. The number of nitrogens with zero attached hydrogens (tertiary/aromatic N) is 1. The SMILES string of the molecule is C=CCCCCCCCCCO.C=CCCCCCCCCCOC1OC(COC(C)=O)C(OC(C)=O)C(C)C1C.CC(=O)OCC1OC(OCCCCCCCCCC(=O)O)C(C)C(C)C1OC(C)=O.CC(=O)OCC1OC2OC(C)=NC2C(C)C1OC(C)=O.ICI. The van der Waals surface area contributed by atoms with E-state index in [2.05, 4.69) is 63.3 Å². The smallest absolute Gasteiger partial charge is 0.303 e. The van der Waals surface area contributed by atoms with Gasteiger partial charge in [0.15, 0.2) is 18.5 Å². The van der Waals surface area contributed by atoms with Crippen molar-refractivity contribution in [2.45, 2.75) is 299 Å². The summed E-state index contributed by atoms with van der Waals surface area (Å²) in [6.07, 6.45) is 26.2. The Labute approximate surface area is 590 Å². The summed E-state index contributed by atoms with van der Waals surface area (Å²) in [5.74, 6) is -2.52. The number of carbonyl (C=O) groups excluding carboxylic acids is 6. The molecule has 0 aliphatic carbocycles. The molecule has 15 unspecified atom stereocenters. The number of allylic oxidation sites excluding steroid dienone is 2. The molecule has 0 spiro atoms. The minimum Gasteiger partial charge on any atom is -0.481 e. The van der Waals surface area contributed by atoms with Gasteiger partial charge >= 0.3 is 41.8 Å². The monoisotopic (exact) mass is 1570 g/mol. The number of aliphatic hydroxyl groups excluding tert-OH is 1. The zero-order valence-electron chi connectivity index (χ0n) is 59.0. The Balaban J connectivity index is 0.00000126. The summed E-state index contributed by atoms with van der Waals surface area (Å²) in [7, 11) is 0. The third-order valence-corrected chi connectivity index (χ3v) is 16.5. The fourth-order valence-corrected chi connectivity index (χ4v) is 11.0. The van der Waals surface area contributed by atoms with E-state index in [1.165, 1.54) is 115 Å². The molecule has 94 heavy (non-hydrogen) atoms. The molecule has 4 rings (SSSR count). The van der Waals surface area contributed by atoms with Gasteiger partial charge in [0, 0.05) is 104 Å². The summed E-state index contributed by atoms with van der Waals surface area (Å²) < 4.78 is 67.8. The van der Waals surface area contributed by atoms with Gasteiger partial charge in [-0.15, -0.1) is 13.2 Å². The molecule has 0 bridgehead atoms. The number of aliphatic carboxylic acids is 1. The summed E-state index contributed by atoms with van der Waals surface area (Å²) in [5.41, 5.74) is 0. The first kappa shape index (κ1) is 90.5. The van der Waals surface area contributed by atoms with Crippen LogP contribution in [0.3, 0.4) is 0 Å². The van der Waals surface area contributed by atoms with Crippen LogP contribution in [-0.4, -0.2) is 162 Å². The van der Waals surface area contributed by atoms with Crippen LogP contribution in [-0.2, 0) is 90.4 Å². The average Bonchev–Trinajstić information content (AvgIpc) is 1.40. The number of fused-ring (bicyclic) bond motifs is 1. The van der Waals surface area contributed by atoms with E-state index in [9.17, 15) is 33.6 Å². The molecule has 546 valence electrons. The number of aliphatic hydroxyl groups is 1. The van der Waals surface area contributed by atoms with Crippen LogP contribution in [0.15, 0.2) is 30.3 Å². The normalized spacial score (nSPS) is 25.6. The van der Waals surface area contributed by atoms with Gasteiger partial charge in [0.2, 0.25) is 6.29 Å². The number of unbranched alkanes of at least 4 members (excludes halogenated alkanes) is 20. The van der Waals surface area contributed by atoms with E-state index in [0.29, 0.717) is 25.7 Å². The van der Waals surface area contributed by atoms with Gasteiger partial charge in [-0.25, -0.2) is 4.99 Å². The quantitative estimate of drug-likeness (QED) is 0.0144. The van der Waals surface area contributed by atoms with Gasteiger partial charge in [0.25, 0.3) is 0 Å². The van der Waals surface area contributed by atoms with Crippen molar-refractivity contribution in [3.63, 3.8) is 0 Å². The Morgan fingerprint density at radius 2 is 0.787 bits per heavy atom. The number of carboxylic acid groups (broad SMARTS) is 1. The van der Waals surface area contributed by atoms with Crippen molar-refractivity contribution < 1.29 is 101 Å². The number of halogens is 2. The van der Waals surface area contributed by atoms with E-state index >= 15 is 0 Å². The molecule has 4 aliphatic rings. The zero-order chi connectivity index (χ0) is 70.8. The molecule has 4 aliphatic heterocycles. The lowest BCUT2D eigenvalue weighted by atomic mass is 9.84. The lowest BCUT2D eigenvalue weighted by molar-refractivity contribution is -0.273. The first-order valence-corrected chi connectivity index (χ1v) is 37.3. The molecule has 0 aromatic heterocycles. The van der Waals surface area contributed by atoms with Gasteiger partial charge in [-0.2, -0.15) is 0 Å². The molecule has 3 fully saturated rings. The number of esters is 6. The number of aliphatic imine (C=N–C) groups is 1. The van der Waals surface area contributed by atoms with Crippen molar-refractivity contribution in [1.82, 2.24) is 0 Å². The van der Waals surface area contributed by atoms with Crippen molar-refractivity contribution >= 4 is 92.9 Å². The molecule has 24 heteroatoms. The molecule has 0 saturated carbocycles. The van der Waals surface area contributed by atoms with E-state index in [0.717, 1.165) is 77.0 Å². The van der Waals surface area contributed by atoms with E-state index in [1.807, 2.05) is 46.8 Å². The van der Waals surface area contributed by atoms with Crippen molar-refractivity contribution in [3.8, 4) is 0 Å². The van der Waals surface area contributed by atoms with Crippen LogP contribution in [0.25, 0.3) is 0 Å². The Bertz CT molecular complexity index is 2120. The molecular weight excluding hydrogens is 1440 g/mol. The number of ether oxygens (including phenoxy) is 12. The predicted molar refractivity (Wildman–Crippen MR) is 377 cm³/mol. The Morgan fingerprint density at radius 3 is 1.12 bits per heavy atom. The van der Waals surface area contributed by atoms with Gasteiger partial charge in [-0.1, -0.05) is 188 Å². The average molecular weight is 1570 g/mol. The summed E-state index contributed by atoms with van der Waals surface area (Å²) in [4.78, 5) is 82.3. The number of rotatable bonds is 40. The molecule has 2 N–H and O–H groups in total. The van der Waals surface area contributed by atoms with Crippen molar-refractivity contribution in [2.75, 3.05) is 42.1 Å². The van der Waals surface area contributed by atoms with E-state index in [-0.39, 0.29) is 73.8 Å². The second-order valence-electron chi connectivity index (χ2n) is 24.6. The largest absolute Gasteiger partial charge is 0.481 e. The molecule has 3 saturated heterocycles. The highest BCUT2D eigenvalue weighted by Gasteiger charge is 2.50. The Kier molecular flexibility index (Phi) is 54.2. The third kappa shape index (κ3) is 43.0. The van der Waals surface area contributed by atoms with Gasteiger partial charge in [-0.3, -0.25) is 33.6 Å². The van der Waals surface area contributed by atoms with Gasteiger partial charge in [0.1, 0.15) is 62.5 Å². The highest BCUT2D eigenvalue weighted by atomic mass is 127. The maximum atomic E-state index is 11.5.